The van der Waals surface area contributed by atoms with Gasteiger partial charge in [-0.25, -0.2) is 5.32 Å². The van der Waals surface area contributed by atoms with E-state index in [-0.39, 0.29) is 0 Å². The lowest BCUT2D eigenvalue weighted by Crippen LogP contribution is -2.40. The van der Waals surface area contributed by atoms with Crippen molar-refractivity contribution < 1.29 is 0 Å². The molecule has 2 aliphatic heterocycles. The standard InChI is InChI=1S/C7H13N2/c1-2-9-5-6-3-7(9)4-8-6/h6-7H,2-5H2,1H3. The molecule has 0 amide bonds. The summed E-state index contributed by atoms with van der Waals surface area (Å²) in [4.78, 5) is 2.54. The second kappa shape index (κ2) is 1.96. The third-order valence-electron chi connectivity index (χ3n) is 2.49. The summed E-state index contributed by atoms with van der Waals surface area (Å²) in [6.07, 6.45) is 1.34. The van der Waals surface area contributed by atoms with Gasteiger partial charge in [-0.05, 0) is 13.0 Å². The smallest absolute Gasteiger partial charge is 0.0389 e. The molecule has 0 aromatic heterocycles. The summed E-state index contributed by atoms with van der Waals surface area (Å²) < 4.78 is 0. The summed E-state index contributed by atoms with van der Waals surface area (Å²) in [6, 6.07) is 1.52. The van der Waals surface area contributed by atoms with E-state index in [0.29, 0.717) is 6.04 Å². The van der Waals surface area contributed by atoms with Crippen LogP contribution in [0.5, 0.6) is 0 Å². The van der Waals surface area contributed by atoms with Gasteiger partial charge in [0.05, 0.1) is 0 Å². The van der Waals surface area contributed by atoms with Crippen LogP contribution in [0.4, 0.5) is 0 Å². The SMILES string of the molecule is CCN1CC2CC1C[N]2. The van der Waals surface area contributed by atoms with Crippen molar-refractivity contribution in [3.05, 3.63) is 0 Å². The highest BCUT2D eigenvalue weighted by atomic mass is 15.3. The van der Waals surface area contributed by atoms with Crippen molar-refractivity contribution in [2.45, 2.75) is 25.4 Å². The van der Waals surface area contributed by atoms with E-state index >= 15 is 0 Å². The summed E-state index contributed by atoms with van der Waals surface area (Å²) in [5, 5.41) is 4.46. The zero-order valence-corrected chi connectivity index (χ0v) is 5.88. The molecule has 2 bridgehead atoms. The first-order chi connectivity index (χ1) is 4.40. The van der Waals surface area contributed by atoms with Gasteiger partial charge in [0.1, 0.15) is 0 Å². The Kier molecular flexibility index (Phi) is 1.24. The van der Waals surface area contributed by atoms with Gasteiger partial charge in [-0.15, -0.1) is 0 Å². The molecule has 1 radical (unpaired) electrons. The van der Waals surface area contributed by atoms with Gasteiger partial charge in [-0.2, -0.15) is 0 Å². The van der Waals surface area contributed by atoms with Crippen molar-refractivity contribution >= 4 is 0 Å². The van der Waals surface area contributed by atoms with Gasteiger partial charge in [-0.3, -0.25) is 4.90 Å². The molecular formula is C7H13N2. The number of piperazine rings is 1. The Morgan fingerprint density at radius 2 is 2.56 bits per heavy atom. The van der Waals surface area contributed by atoms with Crippen LogP contribution in [-0.4, -0.2) is 36.6 Å². The van der Waals surface area contributed by atoms with E-state index < -0.39 is 0 Å². The highest BCUT2D eigenvalue weighted by Gasteiger charge is 2.37. The van der Waals surface area contributed by atoms with Crippen molar-refractivity contribution in [3.63, 3.8) is 0 Å². The quantitative estimate of drug-likeness (QED) is 0.484. The largest absolute Gasteiger partial charge is 0.298 e. The first-order valence-electron chi connectivity index (χ1n) is 3.81. The monoisotopic (exact) mass is 125 g/mol. The van der Waals surface area contributed by atoms with E-state index in [9.17, 15) is 0 Å². The van der Waals surface area contributed by atoms with Crippen LogP contribution >= 0.6 is 0 Å². The van der Waals surface area contributed by atoms with E-state index in [2.05, 4.69) is 17.1 Å². The number of fused-ring (bicyclic) bond motifs is 2. The molecule has 9 heavy (non-hydrogen) atoms. The maximum Gasteiger partial charge on any atom is 0.0389 e. The van der Waals surface area contributed by atoms with Crippen molar-refractivity contribution in [3.8, 4) is 0 Å². The summed E-state index contributed by atoms with van der Waals surface area (Å²) >= 11 is 0. The third kappa shape index (κ3) is 0.775. The van der Waals surface area contributed by atoms with Gasteiger partial charge in [-0.1, -0.05) is 6.92 Å². The van der Waals surface area contributed by atoms with Gasteiger partial charge in [0, 0.05) is 25.2 Å². The molecule has 0 aliphatic carbocycles. The molecule has 0 N–H and O–H groups in total. The summed E-state index contributed by atoms with van der Waals surface area (Å²) in [5.74, 6) is 0. The fourth-order valence-electron chi connectivity index (χ4n) is 1.94. The lowest BCUT2D eigenvalue weighted by molar-refractivity contribution is 0.236. The molecule has 0 aromatic carbocycles. The van der Waals surface area contributed by atoms with Crippen LogP contribution in [0.2, 0.25) is 0 Å². The second-order valence-electron chi connectivity index (χ2n) is 3.00. The van der Waals surface area contributed by atoms with Gasteiger partial charge >= 0.3 is 0 Å². The molecule has 0 aromatic rings. The number of hydrogen-bond donors (Lipinski definition) is 0. The van der Waals surface area contributed by atoms with Crippen LogP contribution in [0.3, 0.4) is 0 Å². The number of likely N-dealkylation sites (tertiary alicyclic amines) is 1. The van der Waals surface area contributed by atoms with Crippen LogP contribution in [0.25, 0.3) is 0 Å². The first kappa shape index (κ1) is 5.69. The lowest BCUT2D eigenvalue weighted by atomic mass is 10.2. The van der Waals surface area contributed by atoms with Crippen LogP contribution in [0, 0.1) is 0 Å². The van der Waals surface area contributed by atoms with Crippen molar-refractivity contribution in [1.29, 1.82) is 0 Å². The minimum Gasteiger partial charge on any atom is -0.298 e. The molecule has 2 heteroatoms. The number of rotatable bonds is 1. The van der Waals surface area contributed by atoms with Gasteiger partial charge in [0.15, 0.2) is 0 Å². The Morgan fingerprint density at radius 1 is 1.67 bits per heavy atom. The van der Waals surface area contributed by atoms with Crippen LogP contribution < -0.4 is 5.32 Å². The molecule has 2 heterocycles. The van der Waals surface area contributed by atoms with E-state index in [1.807, 2.05) is 0 Å². The fourth-order valence-corrected chi connectivity index (χ4v) is 1.94. The Bertz CT molecular complexity index is 113. The molecule has 2 nitrogen and oxygen atoms in total. The van der Waals surface area contributed by atoms with Gasteiger partial charge in [0.25, 0.3) is 0 Å². The summed E-state index contributed by atoms with van der Waals surface area (Å²) in [5.41, 5.74) is 0. The molecular weight excluding hydrogens is 112 g/mol. The maximum absolute atomic E-state index is 4.46. The van der Waals surface area contributed by atoms with E-state index in [1.54, 1.807) is 0 Å². The van der Waals surface area contributed by atoms with Crippen LogP contribution in [0.1, 0.15) is 13.3 Å². The van der Waals surface area contributed by atoms with E-state index in [0.717, 1.165) is 12.6 Å². The van der Waals surface area contributed by atoms with Gasteiger partial charge < -0.3 is 0 Å². The third-order valence-corrected chi connectivity index (χ3v) is 2.49. The molecule has 2 unspecified atom stereocenters. The van der Waals surface area contributed by atoms with Crippen molar-refractivity contribution in [2.75, 3.05) is 19.6 Å². The Morgan fingerprint density at radius 3 is 2.89 bits per heavy atom. The predicted octanol–water partition coefficient (Wildman–Crippen LogP) is 0.0672. The average Bonchev–Trinajstić information content (AvgIpc) is 2.45. The minimum atomic E-state index is 0.704. The number of hydrogen-bond acceptors (Lipinski definition) is 1. The normalized spacial score (nSPS) is 42.3. The Balaban J connectivity index is 2.01. The Labute approximate surface area is 56.2 Å². The lowest BCUT2D eigenvalue weighted by Gasteiger charge is -2.24. The number of likely N-dealkylation sites (N-methyl/N-ethyl adjacent to an activating group) is 1. The highest BCUT2D eigenvalue weighted by Crippen LogP contribution is 2.23. The van der Waals surface area contributed by atoms with Crippen molar-refractivity contribution in [1.82, 2.24) is 10.2 Å². The zero-order chi connectivity index (χ0) is 6.27. The van der Waals surface area contributed by atoms with Crippen LogP contribution in [-0.2, 0) is 0 Å². The molecule has 2 rings (SSSR count). The Hall–Kier alpha value is -0.0800. The molecule has 51 valence electrons. The highest BCUT2D eigenvalue weighted by molar-refractivity contribution is 4.96. The van der Waals surface area contributed by atoms with Crippen molar-refractivity contribution in [2.24, 2.45) is 0 Å². The summed E-state index contributed by atoms with van der Waals surface area (Å²) in [6.45, 7) is 5.80. The number of nitrogens with zero attached hydrogens (tertiary/aromatic N) is 2. The van der Waals surface area contributed by atoms with Gasteiger partial charge in [0.2, 0.25) is 0 Å². The molecule has 0 saturated carbocycles. The topological polar surface area (TPSA) is 17.3 Å². The van der Waals surface area contributed by atoms with Crippen LogP contribution in [0.15, 0.2) is 0 Å². The summed E-state index contributed by atoms with van der Waals surface area (Å²) in [7, 11) is 0. The molecule has 2 aliphatic rings. The second-order valence-corrected chi connectivity index (χ2v) is 3.00. The average molecular weight is 125 g/mol. The molecule has 2 atom stereocenters. The first-order valence-corrected chi connectivity index (χ1v) is 3.81. The fraction of sp³-hybridized carbons (Fsp3) is 1.00. The minimum absolute atomic E-state index is 0.704. The maximum atomic E-state index is 4.46. The van der Waals surface area contributed by atoms with E-state index in [1.165, 1.54) is 19.5 Å². The predicted molar refractivity (Wildman–Crippen MR) is 36.4 cm³/mol. The molecule has 2 fully saturated rings. The van der Waals surface area contributed by atoms with E-state index in [4.69, 9.17) is 0 Å². The molecule has 0 spiro atoms. The molecule has 2 saturated heterocycles. The zero-order valence-electron chi connectivity index (χ0n) is 5.88.